The minimum absolute atomic E-state index is 0.282. The minimum atomic E-state index is 0.282. The predicted octanol–water partition coefficient (Wildman–Crippen LogP) is 2.78. The summed E-state index contributed by atoms with van der Waals surface area (Å²) in [6, 6.07) is 11.1. The summed E-state index contributed by atoms with van der Waals surface area (Å²) >= 11 is 0. The summed E-state index contributed by atoms with van der Waals surface area (Å²) in [5.41, 5.74) is 1.28. The lowest BCUT2D eigenvalue weighted by Crippen LogP contribution is -2.57. The van der Waals surface area contributed by atoms with Gasteiger partial charge < -0.3 is 10.2 Å². The van der Waals surface area contributed by atoms with Gasteiger partial charge in [0.15, 0.2) is 0 Å². The standard InChI is InChI=1S/C17H26N2O/c1-4-15(16-8-6-5-7-9-16)12-17(20)19-11-10-18-13(2)14(19)3/h5-9,13-15,18H,4,10-12H2,1-3H3. The molecular formula is C17H26N2O. The average molecular weight is 274 g/mol. The van der Waals surface area contributed by atoms with Crippen LogP contribution in [0.3, 0.4) is 0 Å². The number of hydrogen-bond donors (Lipinski definition) is 1. The maximum atomic E-state index is 12.6. The van der Waals surface area contributed by atoms with Crippen LogP contribution in [0, 0.1) is 0 Å². The van der Waals surface area contributed by atoms with E-state index in [-0.39, 0.29) is 6.04 Å². The molecule has 1 fully saturated rings. The van der Waals surface area contributed by atoms with Crippen molar-refractivity contribution in [1.29, 1.82) is 0 Å². The Morgan fingerprint density at radius 3 is 2.70 bits per heavy atom. The normalized spacial score (nSPS) is 24.4. The van der Waals surface area contributed by atoms with Crippen molar-refractivity contribution >= 4 is 5.91 Å². The third-order valence-corrected chi connectivity index (χ3v) is 4.54. The number of piperazine rings is 1. The monoisotopic (exact) mass is 274 g/mol. The van der Waals surface area contributed by atoms with Gasteiger partial charge in [-0.15, -0.1) is 0 Å². The van der Waals surface area contributed by atoms with Gasteiger partial charge in [0.1, 0.15) is 0 Å². The molecule has 0 aliphatic carbocycles. The number of rotatable bonds is 4. The number of benzene rings is 1. The molecule has 2 rings (SSSR count). The molecule has 3 unspecified atom stereocenters. The van der Waals surface area contributed by atoms with E-state index in [4.69, 9.17) is 0 Å². The molecule has 110 valence electrons. The largest absolute Gasteiger partial charge is 0.337 e. The van der Waals surface area contributed by atoms with E-state index in [9.17, 15) is 4.79 Å². The van der Waals surface area contributed by atoms with Gasteiger partial charge in [0.25, 0.3) is 0 Å². The van der Waals surface area contributed by atoms with Crippen LogP contribution < -0.4 is 5.32 Å². The smallest absolute Gasteiger partial charge is 0.223 e. The highest BCUT2D eigenvalue weighted by Gasteiger charge is 2.29. The summed E-state index contributed by atoms with van der Waals surface area (Å²) in [7, 11) is 0. The van der Waals surface area contributed by atoms with Gasteiger partial charge in [-0.05, 0) is 31.7 Å². The third-order valence-electron chi connectivity index (χ3n) is 4.54. The van der Waals surface area contributed by atoms with Crippen LogP contribution in [0.15, 0.2) is 30.3 Å². The zero-order chi connectivity index (χ0) is 14.5. The number of nitrogens with zero attached hydrogens (tertiary/aromatic N) is 1. The van der Waals surface area contributed by atoms with E-state index in [1.165, 1.54) is 5.56 Å². The summed E-state index contributed by atoms with van der Waals surface area (Å²) in [5.74, 6) is 0.627. The van der Waals surface area contributed by atoms with E-state index in [1.54, 1.807) is 0 Å². The maximum Gasteiger partial charge on any atom is 0.223 e. The minimum Gasteiger partial charge on any atom is -0.337 e. The lowest BCUT2D eigenvalue weighted by Gasteiger charge is -2.39. The third kappa shape index (κ3) is 3.40. The second-order valence-corrected chi connectivity index (χ2v) is 5.79. The summed E-state index contributed by atoms with van der Waals surface area (Å²) in [6.07, 6.45) is 1.63. The SMILES string of the molecule is CCC(CC(=O)N1CCNC(C)C1C)c1ccccc1. The second-order valence-electron chi connectivity index (χ2n) is 5.79. The Kier molecular flexibility index (Phi) is 5.18. The van der Waals surface area contributed by atoms with Crippen LogP contribution in [0.4, 0.5) is 0 Å². The van der Waals surface area contributed by atoms with Crippen molar-refractivity contribution in [2.24, 2.45) is 0 Å². The Balaban J connectivity index is 2.02. The Morgan fingerprint density at radius 2 is 2.05 bits per heavy atom. The van der Waals surface area contributed by atoms with Crippen LogP contribution in [-0.4, -0.2) is 36.0 Å². The van der Waals surface area contributed by atoms with Crippen LogP contribution >= 0.6 is 0 Å². The molecule has 20 heavy (non-hydrogen) atoms. The zero-order valence-electron chi connectivity index (χ0n) is 12.8. The summed E-state index contributed by atoms with van der Waals surface area (Å²) in [6.45, 7) is 8.18. The molecule has 1 N–H and O–H groups in total. The molecule has 0 radical (unpaired) electrons. The van der Waals surface area contributed by atoms with Gasteiger partial charge in [0, 0.05) is 31.6 Å². The quantitative estimate of drug-likeness (QED) is 0.915. The van der Waals surface area contributed by atoms with Gasteiger partial charge in [-0.25, -0.2) is 0 Å². The molecule has 0 saturated carbocycles. The highest BCUT2D eigenvalue weighted by atomic mass is 16.2. The second kappa shape index (κ2) is 6.89. The van der Waals surface area contributed by atoms with Crippen molar-refractivity contribution < 1.29 is 4.79 Å². The van der Waals surface area contributed by atoms with Gasteiger partial charge in [-0.3, -0.25) is 4.79 Å². The first-order chi connectivity index (χ1) is 9.63. The molecular weight excluding hydrogens is 248 g/mol. The first-order valence-electron chi connectivity index (χ1n) is 7.71. The van der Waals surface area contributed by atoms with Crippen molar-refractivity contribution in [3.05, 3.63) is 35.9 Å². The number of hydrogen-bond acceptors (Lipinski definition) is 2. The number of amides is 1. The van der Waals surface area contributed by atoms with Gasteiger partial charge >= 0.3 is 0 Å². The molecule has 0 bridgehead atoms. The molecule has 1 aliphatic heterocycles. The van der Waals surface area contributed by atoms with Crippen LogP contribution in [0.5, 0.6) is 0 Å². The van der Waals surface area contributed by atoms with Crippen molar-refractivity contribution in [2.45, 2.75) is 51.6 Å². The summed E-state index contributed by atoms with van der Waals surface area (Å²) in [4.78, 5) is 14.6. The van der Waals surface area contributed by atoms with Crippen molar-refractivity contribution in [1.82, 2.24) is 10.2 Å². The molecule has 1 heterocycles. The van der Waals surface area contributed by atoms with Crippen LogP contribution in [0.1, 0.15) is 45.1 Å². The molecule has 1 aromatic rings. The van der Waals surface area contributed by atoms with Crippen LogP contribution in [0.2, 0.25) is 0 Å². The highest BCUT2D eigenvalue weighted by Crippen LogP contribution is 2.25. The van der Waals surface area contributed by atoms with E-state index < -0.39 is 0 Å². The Morgan fingerprint density at radius 1 is 1.35 bits per heavy atom. The zero-order valence-corrected chi connectivity index (χ0v) is 12.8. The number of carbonyl (C=O) groups excluding carboxylic acids is 1. The molecule has 1 amide bonds. The lowest BCUT2D eigenvalue weighted by atomic mass is 9.92. The fourth-order valence-electron chi connectivity index (χ4n) is 2.96. The van der Waals surface area contributed by atoms with Crippen molar-refractivity contribution in [3.8, 4) is 0 Å². The fraction of sp³-hybridized carbons (Fsp3) is 0.588. The van der Waals surface area contributed by atoms with Gasteiger partial charge in [-0.2, -0.15) is 0 Å². The molecule has 3 heteroatoms. The van der Waals surface area contributed by atoms with Crippen LogP contribution in [-0.2, 0) is 4.79 Å². The average Bonchev–Trinajstić information content (AvgIpc) is 2.48. The lowest BCUT2D eigenvalue weighted by molar-refractivity contribution is -0.135. The fourth-order valence-corrected chi connectivity index (χ4v) is 2.96. The van der Waals surface area contributed by atoms with E-state index in [0.717, 1.165) is 19.5 Å². The van der Waals surface area contributed by atoms with Crippen molar-refractivity contribution in [3.63, 3.8) is 0 Å². The summed E-state index contributed by atoms with van der Waals surface area (Å²) < 4.78 is 0. The highest BCUT2D eigenvalue weighted by molar-refractivity contribution is 5.77. The Labute approximate surface area is 122 Å². The first-order valence-corrected chi connectivity index (χ1v) is 7.71. The maximum absolute atomic E-state index is 12.6. The Hall–Kier alpha value is -1.35. The molecule has 1 aromatic carbocycles. The molecule has 1 aliphatic rings. The van der Waals surface area contributed by atoms with E-state index >= 15 is 0 Å². The molecule has 0 aromatic heterocycles. The van der Waals surface area contributed by atoms with Gasteiger partial charge in [0.2, 0.25) is 5.91 Å². The molecule has 1 saturated heterocycles. The van der Waals surface area contributed by atoms with Crippen molar-refractivity contribution in [2.75, 3.05) is 13.1 Å². The number of carbonyl (C=O) groups is 1. The predicted molar refractivity (Wildman–Crippen MR) is 82.7 cm³/mol. The van der Waals surface area contributed by atoms with Gasteiger partial charge in [-0.1, -0.05) is 37.3 Å². The topological polar surface area (TPSA) is 32.3 Å². The van der Waals surface area contributed by atoms with E-state index in [1.807, 2.05) is 11.0 Å². The van der Waals surface area contributed by atoms with Gasteiger partial charge in [0.05, 0.1) is 0 Å². The van der Waals surface area contributed by atoms with E-state index in [2.05, 4.69) is 50.4 Å². The molecule has 3 atom stereocenters. The van der Waals surface area contributed by atoms with E-state index in [0.29, 0.717) is 24.3 Å². The first kappa shape index (κ1) is 15.0. The molecule has 0 spiro atoms. The van der Waals surface area contributed by atoms with Crippen LogP contribution in [0.25, 0.3) is 0 Å². The Bertz CT molecular complexity index is 432. The number of nitrogens with one attached hydrogen (secondary N) is 1. The summed E-state index contributed by atoms with van der Waals surface area (Å²) in [5, 5.41) is 3.42. The molecule has 3 nitrogen and oxygen atoms in total.